The van der Waals surface area contributed by atoms with Crippen molar-refractivity contribution >= 4 is 23.2 Å². The van der Waals surface area contributed by atoms with E-state index >= 15 is 0 Å². The van der Waals surface area contributed by atoms with Crippen molar-refractivity contribution in [2.75, 3.05) is 20.3 Å². The second-order valence-corrected chi connectivity index (χ2v) is 7.97. The van der Waals surface area contributed by atoms with E-state index in [9.17, 15) is 9.59 Å². The van der Waals surface area contributed by atoms with Crippen LogP contribution in [0.1, 0.15) is 34.8 Å². The normalized spacial score (nSPS) is 11.6. The molecule has 6 heteroatoms. The van der Waals surface area contributed by atoms with Gasteiger partial charge in [-0.05, 0) is 48.9 Å². The molecule has 0 heterocycles. The number of Topliss-reactive ketones (excluding diaryl/α,β-unsaturated/α-hetero) is 1. The van der Waals surface area contributed by atoms with Gasteiger partial charge in [0.1, 0.15) is 17.6 Å². The summed E-state index contributed by atoms with van der Waals surface area (Å²) >= 11 is 6.33. The van der Waals surface area contributed by atoms with Gasteiger partial charge in [0.2, 0.25) is 0 Å². The Morgan fingerprint density at radius 1 is 0.848 bits per heavy atom. The summed E-state index contributed by atoms with van der Waals surface area (Å²) in [5.74, 6) is 1.31. The van der Waals surface area contributed by atoms with E-state index in [1.165, 1.54) is 14.0 Å². The fourth-order valence-electron chi connectivity index (χ4n) is 3.27. The van der Waals surface area contributed by atoms with Crippen molar-refractivity contribution in [3.63, 3.8) is 0 Å². The van der Waals surface area contributed by atoms with Gasteiger partial charge >= 0.3 is 0 Å². The van der Waals surface area contributed by atoms with Gasteiger partial charge in [-0.25, -0.2) is 0 Å². The van der Waals surface area contributed by atoms with Crippen molar-refractivity contribution in [1.29, 1.82) is 0 Å². The first-order valence-electron chi connectivity index (χ1n) is 10.7. The zero-order valence-electron chi connectivity index (χ0n) is 18.8. The van der Waals surface area contributed by atoms with E-state index < -0.39 is 6.10 Å². The fourth-order valence-corrected chi connectivity index (χ4v) is 3.52. The Labute approximate surface area is 199 Å². The zero-order valence-corrected chi connectivity index (χ0v) is 19.5. The van der Waals surface area contributed by atoms with E-state index in [1.54, 1.807) is 42.5 Å². The Hall–Kier alpha value is -3.15. The average molecular weight is 467 g/mol. The molecule has 0 aliphatic rings. The van der Waals surface area contributed by atoms with Gasteiger partial charge in [0.15, 0.2) is 11.6 Å². The van der Waals surface area contributed by atoms with Crippen molar-refractivity contribution < 1.29 is 23.8 Å². The first kappa shape index (κ1) is 24.5. The largest absolute Gasteiger partial charge is 0.493 e. The van der Waals surface area contributed by atoms with Crippen LogP contribution in [0.2, 0.25) is 5.02 Å². The molecule has 0 saturated heterocycles. The average Bonchev–Trinajstić information content (AvgIpc) is 2.83. The van der Waals surface area contributed by atoms with Crippen molar-refractivity contribution in [2.24, 2.45) is 0 Å². The molecule has 0 amide bonds. The van der Waals surface area contributed by atoms with Gasteiger partial charge < -0.3 is 14.2 Å². The minimum absolute atomic E-state index is 0.0146. The maximum absolute atomic E-state index is 12.4. The molecule has 0 aromatic heterocycles. The van der Waals surface area contributed by atoms with Crippen molar-refractivity contribution in [2.45, 2.75) is 25.9 Å². The number of rotatable bonds is 12. The molecule has 0 spiro atoms. The van der Waals surface area contributed by atoms with E-state index in [2.05, 4.69) is 0 Å². The summed E-state index contributed by atoms with van der Waals surface area (Å²) in [6.45, 7) is 2.44. The molecule has 33 heavy (non-hydrogen) atoms. The van der Waals surface area contributed by atoms with Crippen molar-refractivity contribution in [3.05, 3.63) is 94.5 Å². The molecule has 5 nitrogen and oxygen atoms in total. The number of methoxy groups -OCH3 is 1. The number of hydrogen-bond acceptors (Lipinski definition) is 5. The maximum Gasteiger partial charge on any atom is 0.193 e. The van der Waals surface area contributed by atoms with Gasteiger partial charge in [-0.3, -0.25) is 9.59 Å². The summed E-state index contributed by atoms with van der Waals surface area (Å²) in [5, 5.41) is 0.539. The summed E-state index contributed by atoms with van der Waals surface area (Å²) < 4.78 is 16.7. The molecule has 0 saturated carbocycles. The Kier molecular flexibility index (Phi) is 9.04. The molecule has 3 aromatic carbocycles. The van der Waals surface area contributed by atoms with E-state index in [0.29, 0.717) is 53.7 Å². The minimum Gasteiger partial charge on any atom is -0.493 e. The van der Waals surface area contributed by atoms with Gasteiger partial charge in [0.05, 0.1) is 13.2 Å². The van der Waals surface area contributed by atoms with Crippen LogP contribution >= 0.6 is 11.6 Å². The van der Waals surface area contributed by atoms with Crippen LogP contribution in [0.15, 0.2) is 72.8 Å². The molecule has 3 aromatic rings. The Balaban J connectivity index is 1.42. The first-order valence-corrected chi connectivity index (χ1v) is 11.1. The van der Waals surface area contributed by atoms with Gasteiger partial charge in [0, 0.05) is 36.1 Å². The topological polar surface area (TPSA) is 61.8 Å². The van der Waals surface area contributed by atoms with Crippen LogP contribution in [-0.2, 0) is 16.0 Å². The van der Waals surface area contributed by atoms with Crippen LogP contribution in [0.25, 0.3) is 0 Å². The highest BCUT2D eigenvalue weighted by atomic mass is 35.5. The molecule has 0 bridgehead atoms. The summed E-state index contributed by atoms with van der Waals surface area (Å²) in [4.78, 5) is 24.0. The number of ketones is 2. The van der Waals surface area contributed by atoms with E-state index in [-0.39, 0.29) is 11.6 Å². The number of carbonyl (C=O) groups is 2. The third-order valence-electron chi connectivity index (χ3n) is 5.15. The highest BCUT2D eigenvalue weighted by Crippen LogP contribution is 2.24. The van der Waals surface area contributed by atoms with E-state index in [0.717, 1.165) is 5.56 Å². The van der Waals surface area contributed by atoms with Crippen LogP contribution in [0, 0.1) is 0 Å². The van der Waals surface area contributed by atoms with Gasteiger partial charge in [-0.2, -0.15) is 0 Å². The second-order valence-electron chi connectivity index (χ2n) is 7.56. The highest BCUT2D eigenvalue weighted by molar-refractivity contribution is 6.31. The van der Waals surface area contributed by atoms with E-state index in [4.69, 9.17) is 25.8 Å². The second kappa shape index (κ2) is 12.2. The lowest BCUT2D eigenvalue weighted by atomic mass is 10.0. The molecule has 1 unspecified atom stereocenters. The quantitative estimate of drug-likeness (QED) is 0.258. The molecule has 172 valence electrons. The lowest BCUT2D eigenvalue weighted by Gasteiger charge is -2.14. The molecule has 0 N–H and O–H groups in total. The Morgan fingerprint density at radius 3 is 2.06 bits per heavy atom. The highest BCUT2D eigenvalue weighted by Gasteiger charge is 2.16. The number of benzene rings is 3. The van der Waals surface area contributed by atoms with Gasteiger partial charge in [-0.1, -0.05) is 48.0 Å². The summed E-state index contributed by atoms with van der Waals surface area (Å²) in [6.07, 6.45) is 0.603. The van der Waals surface area contributed by atoms with Crippen LogP contribution in [0.3, 0.4) is 0 Å². The van der Waals surface area contributed by atoms with Crippen molar-refractivity contribution in [1.82, 2.24) is 0 Å². The molecular weight excluding hydrogens is 440 g/mol. The Bertz CT molecular complexity index is 1060. The summed E-state index contributed by atoms with van der Waals surface area (Å²) in [6, 6.07) is 21.7. The first-order chi connectivity index (χ1) is 16.0. The fraction of sp³-hybridized carbons (Fsp3) is 0.259. The monoisotopic (exact) mass is 466 g/mol. The maximum atomic E-state index is 12.4. The number of carbonyl (C=O) groups excluding carboxylic acids is 2. The smallest absolute Gasteiger partial charge is 0.193 e. The SMILES string of the molecule is COC(Cc1ccc(OCCCOc2ccc(C(=O)c3ccccc3)cc2)cc1Cl)C(C)=O. The molecule has 0 aliphatic carbocycles. The third kappa shape index (κ3) is 7.17. The molecule has 3 rings (SSSR count). The van der Waals surface area contributed by atoms with Crippen LogP contribution in [0.5, 0.6) is 11.5 Å². The van der Waals surface area contributed by atoms with Gasteiger partial charge in [-0.15, -0.1) is 0 Å². The predicted molar refractivity (Wildman–Crippen MR) is 129 cm³/mol. The van der Waals surface area contributed by atoms with Crippen LogP contribution in [-0.4, -0.2) is 38.0 Å². The lowest BCUT2D eigenvalue weighted by molar-refractivity contribution is -0.126. The third-order valence-corrected chi connectivity index (χ3v) is 5.50. The van der Waals surface area contributed by atoms with Crippen LogP contribution in [0.4, 0.5) is 0 Å². The number of ether oxygens (including phenoxy) is 3. The molecular formula is C27H27ClO5. The lowest BCUT2D eigenvalue weighted by Crippen LogP contribution is -2.22. The zero-order chi connectivity index (χ0) is 23.6. The van der Waals surface area contributed by atoms with E-state index in [1.807, 2.05) is 30.3 Å². The number of halogens is 1. The standard InChI is InChI=1S/C27H27ClO5/c1-19(29)26(31-2)17-22-11-14-24(18-25(22)28)33-16-6-15-32-23-12-9-21(10-13-23)27(30)20-7-4-3-5-8-20/h3-5,7-14,18,26H,6,15-17H2,1-2H3. The molecule has 0 fully saturated rings. The molecule has 1 atom stereocenters. The Morgan fingerprint density at radius 2 is 1.45 bits per heavy atom. The van der Waals surface area contributed by atoms with Crippen LogP contribution < -0.4 is 9.47 Å². The minimum atomic E-state index is -0.503. The molecule has 0 radical (unpaired) electrons. The predicted octanol–water partition coefficient (Wildman–Crippen LogP) is 5.57. The summed E-state index contributed by atoms with van der Waals surface area (Å²) in [5.41, 5.74) is 2.12. The molecule has 0 aliphatic heterocycles. The van der Waals surface area contributed by atoms with Crippen molar-refractivity contribution in [3.8, 4) is 11.5 Å². The van der Waals surface area contributed by atoms with Gasteiger partial charge in [0.25, 0.3) is 0 Å². The summed E-state index contributed by atoms with van der Waals surface area (Å²) in [7, 11) is 1.51. The number of hydrogen-bond donors (Lipinski definition) is 0.